The highest BCUT2D eigenvalue weighted by Gasteiger charge is 2.16. The summed E-state index contributed by atoms with van der Waals surface area (Å²) in [6.45, 7) is 2.20. The average Bonchev–Trinajstić information content (AvgIpc) is 2.67. The molecule has 7 nitrogen and oxygen atoms in total. The molecule has 0 unspecified atom stereocenters. The van der Waals surface area contributed by atoms with E-state index in [2.05, 4.69) is 15.2 Å². The molecule has 0 radical (unpaired) electrons. The Morgan fingerprint density at radius 3 is 2.68 bits per heavy atom. The largest absolute Gasteiger partial charge is 0.345 e. The number of anilines is 1. The molecule has 1 aromatic rings. The first-order valence-electron chi connectivity index (χ1n) is 6.27. The number of hydrogen-bond donors (Lipinski definition) is 1. The highest BCUT2D eigenvalue weighted by Crippen LogP contribution is 2.24. The number of aromatic nitrogens is 1. The Morgan fingerprint density at radius 2 is 2.11 bits per heavy atom. The fourth-order valence-electron chi connectivity index (χ4n) is 2.06. The number of thiazole rings is 1. The van der Waals surface area contributed by atoms with Gasteiger partial charge in [0.1, 0.15) is 6.20 Å². The van der Waals surface area contributed by atoms with Crippen LogP contribution in [0.15, 0.2) is 6.20 Å². The van der Waals surface area contributed by atoms with E-state index in [0.717, 1.165) is 43.5 Å². The lowest BCUT2D eigenvalue weighted by Crippen LogP contribution is -2.33. The zero-order valence-corrected chi connectivity index (χ0v) is 11.3. The van der Waals surface area contributed by atoms with Crippen LogP contribution in [0, 0.1) is 10.1 Å². The number of carbonyl (C=O) groups is 1. The molecule has 2 rings (SSSR count). The van der Waals surface area contributed by atoms with Crippen molar-refractivity contribution in [2.75, 3.05) is 25.0 Å². The summed E-state index contributed by atoms with van der Waals surface area (Å²) in [5, 5.41) is 13.3. The Kier molecular flexibility index (Phi) is 4.80. The topological polar surface area (TPSA) is 88.4 Å². The van der Waals surface area contributed by atoms with Crippen LogP contribution < -0.4 is 5.32 Å². The van der Waals surface area contributed by atoms with Crippen molar-refractivity contribution in [2.24, 2.45) is 0 Å². The number of likely N-dealkylation sites (tertiary alicyclic amines) is 1. The van der Waals surface area contributed by atoms with Gasteiger partial charge in [-0.25, -0.2) is 4.98 Å². The van der Waals surface area contributed by atoms with Gasteiger partial charge in [-0.15, -0.1) is 0 Å². The molecule has 0 saturated carbocycles. The standard InChI is InChI=1S/C11H16N4O3S/c16-9(8-14-5-3-1-2-4-6-14)13-11-12-7-10(19-11)15(17)18/h7H,1-6,8H2,(H,12,13,16). The lowest BCUT2D eigenvalue weighted by atomic mass is 10.2. The molecule has 0 aliphatic carbocycles. The number of amides is 1. The molecule has 0 spiro atoms. The van der Waals surface area contributed by atoms with Crippen molar-refractivity contribution in [1.29, 1.82) is 0 Å². The van der Waals surface area contributed by atoms with Crippen molar-refractivity contribution in [3.05, 3.63) is 16.3 Å². The first-order chi connectivity index (χ1) is 9.15. The Bertz CT molecular complexity index is 455. The number of nitrogens with zero attached hydrogens (tertiary/aromatic N) is 3. The van der Waals surface area contributed by atoms with E-state index >= 15 is 0 Å². The monoisotopic (exact) mass is 284 g/mol. The van der Waals surface area contributed by atoms with Crippen molar-refractivity contribution in [1.82, 2.24) is 9.88 Å². The molecular formula is C11H16N4O3S. The maximum Gasteiger partial charge on any atom is 0.345 e. The number of nitrogens with one attached hydrogen (secondary N) is 1. The van der Waals surface area contributed by atoms with Gasteiger partial charge in [-0.3, -0.25) is 19.8 Å². The van der Waals surface area contributed by atoms with Crippen LogP contribution >= 0.6 is 11.3 Å². The molecule has 104 valence electrons. The first-order valence-corrected chi connectivity index (χ1v) is 7.09. The molecule has 1 N–H and O–H groups in total. The second-order valence-electron chi connectivity index (χ2n) is 4.50. The summed E-state index contributed by atoms with van der Waals surface area (Å²) in [5.74, 6) is -0.161. The third-order valence-electron chi connectivity index (χ3n) is 2.99. The minimum absolute atomic E-state index is 0.0647. The van der Waals surface area contributed by atoms with E-state index < -0.39 is 4.92 Å². The van der Waals surface area contributed by atoms with E-state index in [1.165, 1.54) is 12.8 Å². The van der Waals surface area contributed by atoms with Gasteiger partial charge in [0.15, 0.2) is 5.13 Å². The van der Waals surface area contributed by atoms with Crippen LogP contribution in [0.1, 0.15) is 25.7 Å². The first kappa shape index (κ1) is 13.9. The zero-order chi connectivity index (χ0) is 13.7. The van der Waals surface area contributed by atoms with E-state index in [1.807, 2.05) is 0 Å². The van der Waals surface area contributed by atoms with Crippen molar-refractivity contribution in [3.8, 4) is 0 Å². The van der Waals surface area contributed by atoms with Crippen LogP contribution in [0.4, 0.5) is 10.1 Å². The van der Waals surface area contributed by atoms with Crippen molar-refractivity contribution >= 4 is 27.4 Å². The number of hydrogen-bond acceptors (Lipinski definition) is 6. The van der Waals surface area contributed by atoms with Crippen molar-refractivity contribution in [2.45, 2.75) is 25.7 Å². The van der Waals surface area contributed by atoms with Gasteiger partial charge in [-0.05, 0) is 37.3 Å². The SMILES string of the molecule is O=C(CN1CCCCCC1)Nc1ncc([N+](=O)[O-])s1. The highest BCUT2D eigenvalue weighted by atomic mass is 32.1. The van der Waals surface area contributed by atoms with Gasteiger partial charge in [0.25, 0.3) is 0 Å². The third-order valence-corrected chi connectivity index (χ3v) is 3.85. The summed E-state index contributed by atoms with van der Waals surface area (Å²) in [6, 6.07) is 0. The molecular weight excluding hydrogens is 268 g/mol. The summed E-state index contributed by atoms with van der Waals surface area (Å²) in [6.07, 6.45) is 5.84. The maximum absolute atomic E-state index is 11.8. The van der Waals surface area contributed by atoms with Gasteiger partial charge >= 0.3 is 5.00 Å². The lowest BCUT2D eigenvalue weighted by Gasteiger charge is -2.18. The van der Waals surface area contributed by atoms with Gasteiger partial charge < -0.3 is 5.32 Å². The predicted octanol–water partition coefficient (Wildman–Crippen LogP) is 1.87. The summed E-state index contributed by atoms with van der Waals surface area (Å²) < 4.78 is 0. The summed E-state index contributed by atoms with van der Waals surface area (Å²) in [7, 11) is 0. The molecule has 1 aliphatic rings. The van der Waals surface area contributed by atoms with Gasteiger partial charge in [0.05, 0.1) is 11.5 Å². The molecule has 19 heavy (non-hydrogen) atoms. The molecule has 1 saturated heterocycles. The predicted molar refractivity (Wildman–Crippen MR) is 72.3 cm³/mol. The average molecular weight is 284 g/mol. The second kappa shape index (κ2) is 6.58. The minimum atomic E-state index is -0.512. The van der Waals surface area contributed by atoms with E-state index in [4.69, 9.17) is 0 Å². The summed E-state index contributed by atoms with van der Waals surface area (Å²) >= 11 is 0.875. The number of nitro groups is 1. The molecule has 1 fully saturated rings. The Hall–Kier alpha value is -1.54. The van der Waals surface area contributed by atoms with E-state index in [0.29, 0.717) is 6.54 Å². The van der Waals surface area contributed by atoms with Gasteiger partial charge in [-0.1, -0.05) is 12.8 Å². The number of rotatable bonds is 4. The van der Waals surface area contributed by atoms with Crippen LogP contribution in [-0.4, -0.2) is 40.3 Å². The van der Waals surface area contributed by atoms with Crippen LogP contribution in [0.2, 0.25) is 0 Å². The zero-order valence-electron chi connectivity index (χ0n) is 10.5. The minimum Gasteiger partial charge on any atom is -0.301 e. The summed E-state index contributed by atoms with van der Waals surface area (Å²) in [5.41, 5.74) is 0. The smallest absolute Gasteiger partial charge is 0.301 e. The fourth-order valence-corrected chi connectivity index (χ4v) is 2.71. The lowest BCUT2D eigenvalue weighted by molar-refractivity contribution is -0.380. The molecule has 1 amide bonds. The molecule has 8 heteroatoms. The molecule has 0 bridgehead atoms. The van der Waals surface area contributed by atoms with Crippen LogP contribution in [0.3, 0.4) is 0 Å². The highest BCUT2D eigenvalue weighted by molar-refractivity contribution is 7.18. The van der Waals surface area contributed by atoms with Crippen LogP contribution in [-0.2, 0) is 4.79 Å². The number of carbonyl (C=O) groups excluding carboxylic acids is 1. The quantitative estimate of drug-likeness (QED) is 0.673. The second-order valence-corrected chi connectivity index (χ2v) is 5.51. The Labute approximate surface area is 114 Å². The van der Waals surface area contributed by atoms with Crippen molar-refractivity contribution < 1.29 is 9.72 Å². The third kappa shape index (κ3) is 4.25. The van der Waals surface area contributed by atoms with Crippen molar-refractivity contribution in [3.63, 3.8) is 0 Å². The van der Waals surface area contributed by atoms with E-state index in [1.54, 1.807) is 0 Å². The van der Waals surface area contributed by atoms with Crippen LogP contribution in [0.25, 0.3) is 0 Å². The fraction of sp³-hybridized carbons (Fsp3) is 0.636. The van der Waals surface area contributed by atoms with Gasteiger partial charge in [0, 0.05) is 0 Å². The molecule has 2 heterocycles. The van der Waals surface area contributed by atoms with Gasteiger partial charge in [0.2, 0.25) is 5.91 Å². The molecule has 0 atom stereocenters. The molecule has 0 aromatic carbocycles. The van der Waals surface area contributed by atoms with E-state index in [-0.39, 0.29) is 16.0 Å². The van der Waals surface area contributed by atoms with E-state index in [9.17, 15) is 14.9 Å². The van der Waals surface area contributed by atoms with Gasteiger partial charge in [-0.2, -0.15) is 0 Å². The Morgan fingerprint density at radius 1 is 1.42 bits per heavy atom. The molecule has 1 aliphatic heterocycles. The Balaban J connectivity index is 1.84. The van der Waals surface area contributed by atoms with Crippen LogP contribution in [0.5, 0.6) is 0 Å². The maximum atomic E-state index is 11.8. The molecule has 1 aromatic heterocycles. The summed E-state index contributed by atoms with van der Waals surface area (Å²) in [4.78, 5) is 27.7. The normalized spacial score (nSPS) is 16.8.